The molecule has 1 aliphatic rings. The molecule has 10 nitrogen and oxygen atoms in total. The number of amides is 1. The Morgan fingerprint density at radius 1 is 1.18 bits per heavy atom. The zero-order valence-corrected chi connectivity index (χ0v) is 19.1. The summed E-state index contributed by atoms with van der Waals surface area (Å²) < 4.78 is 12.7. The number of carbonyl (C=O) groups is 1. The number of aromatic nitrogens is 5. The van der Waals surface area contributed by atoms with Crippen molar-refractivity contribution in [1.29, 1.82) is 0 Å². The van der Waals surface area contributed by atoms with Crippen molar-refractivity contribution >= 4 is 28.4 Å². The van der Waals surface area contributed by atoms with Gasteiger partial charge < -0.3 is 19.4 Å². The van der Waals surface area contributed by atoms with E-state index in [1.54, 1.807) is 41.4 Å². The van der Waals surface area contributed by atoms with E-state index < -0.39 is 0 Å². The minimum absolute atomic E-state index is 0.112. The zero-order chi connectivity index (χ0) is 23.7. The van der Waals surface area contributed by atoms with Crippen molar-refractivity contribution in [2.45, 2.75) is 19.9 Å². The van der Waals surface area contributed by atoms with Gasteiger partial charge in [-0.1, -0.05) is 23.7 Å². The quantitative estimate of drug-likeness (QED) is 0.451. The Morgan fingerprint density at radius 2 is 2.00 bits per heavy atom. The molecule has 174 valence electrons. The van der Waals surface area contributed by atoms with Crippen molar-refractivity contribution < 1.29 is 14.3 Å². The SMILES string of the molecule is CCCN(Cc1nc2cc(Cl)ccc2c(=O)[nH]1)C(=O)c1cn(-c2ccc3c(c2)OCCO3)nn1. The standard InChI is InChI=1S/C23H21ClN6O4/c1-2-7-29(13-21-25-17-10-14(24)3-5-16(17)22(31)26-21)23(32)18-12-30(28-27-18)15-4-6-19-20(11-15)34-9-8-33-19/h3-6,10-12H,2,7-9,13H2,1H3,(H,25,26,31). The number of carbonyl (C=O) groups excluding carboxylic acids is 1. The summed E-state index contributed by atoms with van der Waals surface area (Å²) >= 11 is 6.05. The summed E-state index contributed by atoms with van der Waals surface area (Å²) in [5.74, 6) is 1.32. The van der Waals surface area contributed by atoms with Crippen molar-refractivity contribution in [3.63, 3.8) is 0 Å². The fraction of sp³-hybridized carbons (Fsp3) is 0.261. The first kappa shape index (κ1) is 21.9. The molecule has 1 N–H and O–H groups in total. The molecule has 1 amide bonds. The highest BCUT2D eigenvalue weighted by Gasteiger charge is 2.21. The van der Waals surface area contributed by atoms with Crippen molar-refractivity contribution in [1.82, 2.24) is 29.9 Å². The normalized spacial score (nSPS) is 12.6. The molecule has 0 fully saturated rings. The van der Waals surface area contributed by atoms with E-state index in [-0.39, 0.29) is 23.7 Å². The predicted molar refractivity (Wildman–Crippen MR) is 125 cm³/mol. The minimum Gasteiger partial charge on any atom is -0.486 e. The molecule has 0 saturated heterocycles. The summed E-state index contributed by atoms with van der Waals surface area (Å²) in [5, 5.41) is 9.09. The van der Waals surface area contributed by atoms with E-state index in [0.717, 1.165) is 0 Å². The number of hydrogen-bond acceptors (Lipinski definition) is 7. The van der Waals surface area contributed by atoms with Gasteiger partial charge in [-0.15, -0.1) is 5.10 Å². The van der Waals surface area contributed by atoms with Gasteiger partial charge in [0.05, 0.1) is 29.3 Å². The minimum atomic E-state index is -0.320. The molecular formula is C23H21ClN6O4. The first-order valence-electron chi connectivity index (χ1n) is 10.8. The van der Waals surface area contributed by atoms with Crippen LogP contribution in [0.4, 0.5) is 0 Å². The second-order valence-corrected chi connectivity index (χ2v) is 8.21. The Balaban J connectivity index is 1.40. The van der Waals surface area contributed by atoms with Crippen molar-refractivity contribution in [3.05, 3.63) is 69.5 Å². The highest BCUT2D eigenvalue weighted by molar-refractivity contribution is 6.31. The van der Waals surface area contributed by atoms with Crippen LogP contribution in [0.15, 0.2) is 47.4 Å². The lowest BCUT2D eigenvalue weighted by molar-refractivity contribution is 0.0733. The van der Waals surface area contributed by atoms with Crippen LogP contribution in [0.3, 0.4) is 0 Å². The summed E-state index contributed by atoms with van der Waals surface area (Å²) in [7, 11) is 0. The molecule has 0 spiro atoms. The third-order valence-electron chi connectivity index (χ3n) is 5.34. The molecule has 0 bridgehead atoms. The summed E-state index contributed by atoms with van der Waals surface area (Å²) in [6.07, 6.45) is 2.28. The molecule has 34 heavy (non-hydrogen) atoms. The number of nitrogens with zero attached hydrogens (tertiary/aromatic N) is 5. The van der Waals surface area contributed by atoms with Crippen molar-refractivity contribution in [3.8, 4) is 17.2 Å². The van der Waals surface area contributed by atoms with Crippen LogP contribution in [0.2, 0.25) is 5.02 Å². The number of halogens is 1. The lowest BCUT2D eigenvalue weighted by Crippen LogP contribution is -2.33. The van der Waals surface area contributed by atoms with Crippen LogP contribution in [-0.4, -0.2) is 55.5 Å². The Morgan fingerprint density at radius 3 is 2.82 bits per heavy atom. The van der Waals surface area contributed by atoms with E-state index in [2.05, 4.69) is 20.3 Å². The van der Waals surface area contributed by atoms with E-state index >= 15 is 0 Å². The van der Waals surface area contributed by atoms with Gasteiger partial charge in [0.2, 0.25) is 0 Å². The zero-order valence-electron chi connectivity index (χ0n) is 18.3. The van der Waals surface area contributed by atoms with Gasteiger partial charge in [-0.05, 0) is 36.8 Å². The third kappa shape index (κ3) is 4.32. The summed E-state index contributed by atoms with van der Waals surface area (Å²) in [6.45, 7) is 3.50. The number of nitrogens with one attached hydrogen (secondary N) is 1. The maximum absolute atomic E-state index is 13.2. The monoisotopic (exact) mass is 480 g/mol. The summed E-state index contributed by atoms with van der Waals surface area (Å²) in [4.78, 5) is 34.5. The number of hydrogen-bond donors (Lipinski definition) is 1. The van der Waals surface area contributed by atoms with Gasteiger partial charge in [-0.2, -0.15) is 0 Å². The molecule has 3 heterocycles. The van der Waals surface area contributed by atoms with Gasteiger partial charge in [-0.25, -0.2) is 9.67 Å². The van der Waals surface area contributed by atoms with Crippen LogP contribution in [0.25, 0.3) is 16.6 Å². The first-order chi connectivity index (χ1) is 16.5. The van der Waals surface area contributed by atoms with Gasteiger partial charge in [-0.3, -0.25) is 9.59 Å². The molecule has 2 aromatic carbocycles. The lowest BCUT2D eigenvalue weighted by Gasteiger charge is -2.20. The van der Waals surface area contributed by atoms with Gasteiger partial charge in [0.25, 0.3) is 11.5 Å². The number of benzene rings is 2. The topological polar surface area (TPSA) is 115 Å². The summed E-state index contributed by atoms with van der Waals surface area (Å²) in [5.41, 5.74) is 1.05. The number of H-pyrrole nitrogens is 1. The van der Waals surface area contributed by atoms with Gasteiger partial charge in [0.15, 0.2) is 17.2 Å². The van der Waals surface area contributed by atoms with Crippen LogP contribution in [0.1, 0.15) is 29.7 Å². The molecule has 0 atom stereocenters. The molecule has 1 aliphatic heterocycles. The Kier molecular flexibility index (Phi) is 5.89. The smallest absolute Gasteiger partial charge is 0.276 e. The molecule has 0 unspecified atom stereocenters. The fourth-order valence-corrected chi connectivity index (χ4v) is 3.93. The molecule has 0 aliphatic carbocycles. The third-order valence-corrected chi connectivity index (χ3v) is 5.58. The second kappa shape index (κ2) is 9.14. The number of fused-ring (bicyclic) bond motifs is 2. The van der Waals surface area contributed by atoms with Gasteiger partial charge in [0, 0.05) is 17.6 Å². The van der Waals surface area contributed by atoms with Crippen molar-refractivity contribution in [2.24, 2.45) is 0 Å². The second-order valence-electron chi connectivity index (χ2n) is 7.78. The predicted octanol–water partition coefficient (Wildman–Crippen LogP) is 2.98. The molecule has 4 aromatic rings. The summed E-state index contributed by atoms with van der Waals surface area (Å²) in [6, 6.07) is 10.3. The Labute approximate surface area is 199 Å². The molecule has 5 rings (SSSR count). The van der Waals surface area contributed by atoms with E-state index in [1.807, 2.05) is 13.0 Å². The van der Waals surface area contributed by atoms with E-state index in [9.17, 15) is 9.59 Å². The highest BCUT2D eigenvalue weighted by atomic mass is 35.5. The van der Waals surface area contributed by atoms with Crippen LogP contribution in [-0.2, 0) is 6.54 Å². The van der Waals surface area contributed by atoms with Crippen LogP contribution in [0, 0.1) is 0 Å². The van der Waals surface area contributed by atoms with Crippen LogP contribution < -0.4 is 15.0 Å². The molecule has 11 heteroatoms. The number of ether oxygens (including phenoxy) is 2. The average molecular weight is 481 g/mol. The van der Waals surface area contributed by atoms with E-state index in [1.165, 1.54) is 4.68 Å². The highest BCUT2D eigenvalue weighted by Crippen LogP contribution is 2.31. The van der Waals surface area contributed by atoms with Crippen molar-refractivity contribution in [2.75, 3.05) is 19.8 Å². The average Bonchev–Trinajstić information content (AvgIpc) is 3.33. The van der Waals surface area contributed by atoms with Crippen LogP contribution >= 0.6 is 11.6 Å². The molecule has 0 radical (unpaired) electrons. The van der Waals surface area contributed by atoms with Gasteiger partial charge in [0.1, 0.15) is 19.0 Å². The maximum Gasteiger partial charge on any atom is 0.276 e. The first-order valence-corrected chi connectivity index (χ1v) is 11.2. The number of aromatic amines is 1. The van der Waals surface area contributed by atoms with E-state index in [0.29, 0.717) is 65.1 Å². The Bertz CT molecular complexity index is 1430. The molecule has 0 saturated carbocycles. The Hall–Kier alpha value is -3.92. The maximum atomic E-state index is 13.2. The largest absolute Gasteiger partial charge is 0.486 e. The number of rotatable bonds is 6. The lowest BCUT2D eigenvalue weighted by atomic mass is 10.2. The van der Waals surface area contributed by atoms with Crippen LogP contribution in [0.5, 0.6) is 11.5 Å². The molecular weight excluding hydrogens is 460 g/mol. The fourth-order valence-electron chi connectivity index (χ4n) is 3.76. The van der Waals surface area contributed by atoms with Gasteiger partial charge >= 0.3 is 0 Å². The molecule has 2 aromatic heterocycles. The van der Waals surface area contributed by atoms with E-state index in [4.69, 9.17) is 21.1 Å².